The van der Waals surface area contributed by atoms with E-state index in [-0.39, 0.29) is 0 Å². The Morgan fingerprint density at radius 3 is 1.04 bits per heavy atom. The van der Waals surface area contributed by atoms with Crippen molar-refractivity contribution in [3.8, 4) is 0 Å². The Hall–Kier alpha value is -5.00. The Morgan fingerprint density at radius 1 is 0.451 bits per heavy atom. The summed E-state index contributed by atoms with van der Waals surface area (Å²) in [4.78, 5) is 9.16. The van der Waals surface area contributed by atoms with Crippen LogP contribution < -0.4 is 19.2 Å². The van der Waals surface area contributed by atoms with Crippen molar-refractivity contribution in [2.75, 3.05) is 19.2 Å². The van der Waals surface area contributed by atoms with E-state index in [0.29, 0.717) is 5.69 Å². The van der Waals surface area contributed by atoms with Crippen LogP contribution in [0.15, 0.2) is 158 Å². The number of benzene rings is 6. The predicted molar refractivity (Wildman–Crippen MR) is 204 cm³/mol. The van der Waals surface area contributed by atoms with Crippen molar-refractivity contribution in [2.24, 2.45) is 0 Å². The van der Waals surface area contributed by atoms with Gasteiger partial charge in [-0.1, -0.05) is 0 Å². The molecule has 1 aliphatic heterocycles. The number of halogens is 3. The molecule has 6 aromatic carbocycles. The maximum absolute atomic E-state index is 13.9. The van der Waals surface area contributed by atoms with Crippen LogP contribution in [0.1, 0.15) is 22.3 Å². The van der Waals surface area contributed by atoms with Crippen LogP contribution in [-0.2, 0) is 25.5 Å². The van der Waals surface area contributed by atoms with Gasteiger partial charge in [-0.15, -0.1) is 0 Å². The molecule has 10 heteroatoms. The van der Waals surface area contributed by atoms with Crippen molar-refractivity contribution in [3.63, 3.8) is 0 Å². The van der Waals surface area contributed by atoms with Gasteiger partial charge < -0.3 is 0 Å². The number of hydrogen-bond donors (Lipinski definition) is 0. The van der Waals surface area contributed by atoms with Crippen LogP contribution in [0.2, 0.25) is 0 Å². The van der Waals surface area contributed by atoms with E-state index in [0.717, 1.165) is 49.3 Å². The molecule has 0 radical (unpaired) electrons. The van der Waals surface area contributed by atoms with Gasteiger partial charge >= 0.3 is 311 Å². The summed E-state index contributed by atoms with van der Waals surface area (Å²) in [5, 5.41) is 0. The molecular formula is C41H35B2F3N4Pt. The molecule has 1 aliphatic rings. The average molecular weight is 857 g/mol. The van der Waals surface area contributed by atoms with Crippen LogP contribution in [0, 0.1) is 20.8 Å². The minimum absolute atomic E-state index is 0.436. The fourth-order valence-corrected chi connectivity index (χ4v) is 7.79. The minimum atomic E-state index is -4.46. The van der Waals surface area contributed by atoms with Gasteiger partial charge in [0.05, 0.1) is 0 Å². The second-order valence-corrected chi connectivity index (χ2v) is 13.8. The van der Waals surface area contributed by atoms with E-state index in [1.165, 1.54) is 12.1 Å². The summed E-state index contributed by atoms with van der Waals surface area (Å²) in [5.74, 6) is 0. The SMILES string of the molecule is Cc1ccc(N(B2B(N(c3ccc(C)cc3)c3ccc(C(F)(F)F)cc3)N(c3ccccc3)[C](=[Pt])N2c2ccccc2)c2ccc(C)cc2)cc1. The molecule has 4 nitrogen and oxygen atoms in total. The summed E-state index contributed by atoms with van der Waals surface area (Å²) >= 11 is 2.41. The van der Waals surface area contributed by atoms with E-state index < -0.39 is 25.5 Å². The van der Waals surface area contributed by atoms with Crippen molar-refractivity contribution in [3.05, 3.63) is 180 Å². The fraction of sp³-hybridized carbons (Fsp3) is 0.0976. The van der Waals surface area contributed by atoms with E-state index >= 15 is 0 Å². The number of nitrogens with zero attached hydrogens (tertiary/aromatic N) is 4. The van der Waals surface area contributed by atoms with E-state index in [1.54, 1.807) is 12.1 Å². The molecular weight excluding hydrogens is 822 g/mol. The molecule has 51 heavy (non-hydrogen) atoms. The Labute approximate surface area is 309 Å². The van der Waals surface area contributed by atoms with E-state index in [4.69, 9.17) is 0 Å². The van der Waals surface area contributed by atoms with E-state index in [9.17, 15) is 13.2 Å². The first-order valence-electron chi connectivity index (χ1n) is 16.7. The summed E-state index contributed by atoms with van der Waals surface area (Å²) in [7, 11) is 0. The summed E-state index contributed by atoms with van der Waals surface area (Å²) in [6.07, 6.45) is -4.46. The number of anilines is 6. The number of aryl methyl sites for hydroxylation is 3. The molecule has 1 heterocycles. The molecule has 0 saturated carbocycles. The topological polar surface area (TPSA) is 13.0 Å². The quantitative estimate of drug-likeness (QED) is 0.141. The van der Waals surface area contributed by atoms with Crippen LogP contribution in [0.3, 0.4) is 0 Å². The van der Waals surface area contributed by atoms with Gasteiger partial charge in [-0.2, -0.15) is 0 Å². The normalized spacial score (nSPS) is 13.2. The summed E-state index contributed by atoms with van der Waals surface area (Å²) < 4.78 is 42.7. The molecule has 0 unspecified atom stereocenters. The van der Waals surface area contributed by atoms with Crippen LogP contribution in [0.25, 0.3) is 0 Å². The van der Waals surface area contributed by atoms with Crippen molar-refractivity contribution < 1.29 is 32.5 Å². The molecule has 1 saturated heterocycles. The Balaban J connectivity index is 1.56. The summed E-state index contributed by atoms with van der Waals surface area (Å²) in [6.45, 7) is 5.25. The zero-order chi connectivity index (χ0) is 35.7. The van der Waals surface area contributed by atoms with Gasteiger partial charge in [-0.05, 0) is 0 Å². The van der Waals surface area contributed by atoms with Crippen molar-refractivity contribution in [2.45, 2.75) is 26.9 Å². The van der Waals surface area contributed by atoms with Gasteiger partial charge in [0.25, 0.3) is 0 Å². The van der Waals surface area contributed by atoms with Crippen LogP contribution in [0.4, 0.5) is 47.3 Å². The van der Waals surface area contributed by atoms with Gasteiger partial charge in [0.15, 0.2) is 0 Å². The molecule has 0 amide bonds. The fourth-order valence-electron chi connectivity index (χ4n) is 6.60. The van der Waals surface area contributed by atoms with Gasteiger partial charge in [0.2, 0.25) is 0 Å². The molecule has 0 atom stereocenters. The van der Waals surface area contributed by atoms with Gasteiger partial charge in [-0.25, -0.2) is 0 Å². The third-order valence-electron chi connectivity index (χ3n) is 9.17. The van der Waals surface area contributed by atoms with Crippen LogP contribution >= 0.6 is 0 Å². The van der Waals surface area contributed by atoms with Gasteiger partial charge in [-0.3, -0.25) is 0 Å². The molecule has 1 fully saturated rings. The predicted octanol–water partition coefficient (Wildman–Crippen LogP) is 10.3. The van der Waals surface area contributed by atoms with Crippen LogP contribution in [0.5, 0.6) is 0 Å². The monoisotopic (exact) mass is 857 g/mol. The molecule has 0 bridgehead atoms. The molecule has 0 spiro atoms. The standard InChI is InChI=1S/C41H35B2F3N4.Pt/c1-31-14-22-37(23-15-31)49(38-24-16-32(2)17-25-38)42-43(48(36-12-8-5-9-13-36)30-47(42)35-10-6-4-7-11-35)50(39-26-18-33(3)19-27-39)40-28-20-34(21-29-40)41(44,45)46;/h4-29H,1-3H3;. The zero-order valence-electron chi connectivity index (χ0n) is 28.4. The molecule has 0 aliphatic carbocycles. The van der Waals surface area contributed by atoms with Crippen molar-refractivity contribution in [1.82, 2.24) is 0 Å². The molecule has 0 aromatic heterocycles. The number of rotatable bonds is 8. The Bertz CT molecular complexity index is 2050. The number of alkyl halides is 3. The first-order valence-corrected chi connectivity index (χ1v) is 17.9. The third-order valence-corrected chi connectivity index (χ3v) is 10.3. The molecule has 7 rings (SSSR count). The molecule has 256 valence electrons. The average Bonchev–Trinajstić information content (AvgIpc) is 3.43. The number of hydrogen-bond acceptors (Lipinski definition) is 4. The van der Waals surface area contributed by atoms with E-state index in [1.807, 2.05) is 67.6 Å². The first kappa shape index (κ1) is 34.4. The first-order chi connectivity index (χ1) is 24.6. The van der Waals surface area contributed by atoms with Crippen molar-refractivity contribution in [1.29, 1.82) is 0 Å². The molecule has 0 N–H and O–H groups in total. The third kappa shape index (κ3) is 7.00. The number of para-hydroxylation sites is 2. The van der Waals surface area contributed by atoms with Crippen LogP contribution in [-0.4, -0.2) is 17.9 Å². The summed E-state index contributed by atoms with van der Waals surface area (Å²) in [6, 6.07) is 51.2. The Morgan fingerprint density at radius 2 is 0.745 bits per heavy atom. The second-order valence-electron chi connectivity index (χ2n) is 12.8. The zero-order valence-corrected chi connectivity index (χ0v) is 30.7. The van der Waals surface area contributed by atoms with Gasteiger partial charge in [0.1, 0.15) is 0 Å². The molecule has 6 aromatic rings. The second kappa shape index (κ2) is 14.3. The van der Waals surface area contributed by atoms with Gasteiger partial charge in [0, 0.05) is 0 Å². The Kier molecular flexibility index (Phi) is 9.67. The maximum atomic E-state index is 13.9. The van der Waals surface area contributed by atoms with Crippen molar-refractivity contribution >= 4 is 52.0 Å². The summed E-state index contributed by atoms with van der Waals surface area (Å²) in [5.41, 5.74) is 8.07. The van der Waals surface area contributed by atoms with E-state index in [2.05, 4.69) is 125 Å².